The minimum absolute atomic E-state index is 0.156. The first-order valence-corrected chi connectivity index (χ1v) is 5.56. The van der Waals surface area contributed by atoms with E-state index in [2.05, 4.69) is 4.99 Å². The number of benzene rings is 2. The molecule has 0 aliphatic carbocycles. The SMILES string of the molecule is FC(F)(F)c1ccc2c(c1)Oc1ccccc1N=C2. The Hall–Kier alpha value is -2.30. The van der Waals surface area contributed by atoms with Gasteiger partial charge in [0.1, 0.15) is 11.4 Å². The molecule has 0 unspecified atom stereocenters. The Bertz CT molecular complexity index is 662. The van der Waals surface area contributed by atoms with Crippen molar-refractivity contribution < 1.29 is 17.9 Å². The third-order valence-electron chi connectivity index (χ3n) is 2.77. The minimum Gasteiger partial charge on any atom is -0.454 e. The number of halogens is 3. The number of fused-ring (bicyclic) bond motifs is 2. The third-order valence-corrected chi connectivity index (χ3v) is 2.77. The summed E-state index contributed by atoms with van der Waals surface area (Å²) < 4.78 is 43.5. The molecule has 0 radical (unpaired) electrons. The highest BCUT2D eigenvalue weighted by atomic mass is 19.4. The minimum atomic E-state index is -4.39. The van der Waals surface area contributed by atoms with Crippen LogP contribution in [0.4, 0.5) is 18.9 Å². The van der Waals surface area contributed by atoms with Gasteiger partial charge in [0.15, 0.2) is 5.75 Å². The van der Waals surface area contributed by atoms with E-state index < -0.39 is 11.7 Å². The average molecular weight is 263 g/mol. The maximum Gasteiger partial charge on any atom is 0.416 e. The van der Waals surface area contributed by atoms with Crippen molar-refractivity contribution in [2.24, 2.45) is 4.99 Å². The van der Waals surface area contributed by atoms with Gasteiger partial charge in [0.2, 0.25) is 0 Å². The van der Waals surface area contributed by atoms with Crippen LogP contribution in [0.25, 0.3) is 0 Å². The number of ether oxygens (including phenoxy) is 1. The van der Waals surface area contributed by atoms with Crippen LogP contribution in [0.2, 0.25) is 0 Å². The van der Waals surface area contributed by atoms with E-state index in [1.165, 1.54) is 12.3 Å². The highest BCUT2D eigenvalue weighted by Crippen LogP contribution is 2.38. The number of hydrogen-bond donors (Lipinski definition) is 0. The number of para-hydroxylation sites is 2. The molecule has 19 heavy (non-hydrogen) atoms. The molecule has 1 aliphatic rings. The topological polar surface area (TPSA) is 21.6 Å². The Labute approximate surface area is 107 Å². The van der Waals surface area contributed by atoms with Gasteiger partial charge in [-0.3, -0.25) is 4.99 Å². The van der Waals surface area contributed by atoms with Crippen LogP contribution < -0.4 is 4.74 Å². The maximum absolute atomic E-state index is 12.7. The molecule has 2 nitrogen and oxygen atoms in total. The monoisotopic (exact) mass is 263 g/mol. The Balaban J connectivity index is 2.10. The van der Waals surface area contributed by atoms with Crippen molar-refractivity contribution in [2.75, 3.05) is 0 Å². The summed E-state index contributed by atoms with van der Waals surface area (Å²) in [4.78, 5) is 4.19. The van der Waals surface area contributed by atoms with Crippen molar-refractivity contribution in [1.82, 2.24) is 0 Å². The van der Waals surface area contributed by atoms with Crippen LogP contribution in [0, 0.1) is 0 Å². The summed E-state index contributed by atoms with van der Waals surface area (Å²) in [6.07, 6.45) is -2.89. The number of hydrogen-bond acceptors (Lipinski definition) is 2. The molecule has 2 aromatic carbocycles. The van der Waals surface area contributed by atoms with Crippen LogP contribution in [-0.4, -0.2) is 6.21 Å². The summed E-state index contributed by atoms with van der Waals surface area (Å²) in [5, 5.41) is 0. The quantitative estimate of drug-likeness (QED) is 0.582. The van der Waals surface area contributed by atoms with E-state index in [0.717, 1.165) is 12.1 Å². The lowest BCUT2D eigenvalue weighted by Crippen LogP contribution is -2.05. The van der Waals surface area contributed by atoms with Crippen LogP contribution in [-0.2, 0) is 6.18 Å². The van der Waals surface area contributed by atoms with Crippen LogP contribution in [0.5, 0.6) is 11.5 Å². The lowest BCUT2D eigenvalue weighted by atomic mass is 10.1. The van der Waals surface area contributed by atoms with Crippen LogP contribution in [0.1, 0.15) is 11.1 Å². The summed E-state index contributed by atoms with van der Waals surface area (Å²) in [6, 6.07) is 10.3. The molecule has 0 atom stereocenters. The molecule has 96 valence electrons. The lowest BCUT2D eigenvalue weighted by Gasteiger charge is -2.11. The van der Waals surface area contributed by atoms with Crippen LogP contribution >= 0.6 is 0 Å². The zero-order valence-electron chi connectivity index (χ0n) is 9.61. The summed E-state index contributed by atoms with van der Waals surface area (Å²) >= 11 is 0. The fourth-order valence-electron chi connectivity index (χ4n) is 1.81. The highest BCUT2D eigenvalue weighted by molar-refractivity contribution is 5.87. The second-order valence-electron chi connectivity index (χ2n) is 4.08. The second kappa shape index (κ2) is 4.12. The molecule has 2 aromatic rings. The van der Waals surface area contributed by atoms with Gasteiger partial charge in [0.05, 0.1) is 5.56 Å². The second-order valence-corrected chi connectivity index (χ2v) is 4.08. The highest BCUT2D eigenvalue weighted by Gasteiger charge is 2.31. The third kappa shape index (κ3) is 2.19. The van der Waals surface area contributed by atoms with E-state index in [-0.39, 0.29) is 5.75 Å². The Morgan fingerprint density at radius 3 is 2.53 bits per heavy atom. The number of nitrogens with zero attached hydrogens (tertiary/aromatic N) is 1. The standard InChI is InChI=1S/C14H8F3NO/c15-14(16,17)10-6-5-9-8-18-11-3-1-2-4-12(11)19-13(9)7-10/h1-8H. The van der Waals surface area contributed by atoms with E-state index in [9.17, 15) is 13.2 Å². The Kier molecular flexibility index (Phi) is 2.55. The average Bonchev–Trinajstić information content (AvgIpc) is 2.55. The lowest BCUT2D eigenvalue weighted by molar-refractivity contribution is -0.137. The molecule has 0 bridgehead atoms. The molecule has 0 aromatic heterocycles. The van der Waals surface area contributed by atoms with Gasteiger partial charge in [-0.15, -0.1) is 0 Å². The van der Waals surface area contributed by atoms with E-state index in [1.807, 2.05) is 0 Å². The first-order valence-electron chi connectivity index (χ1n) is 5.56. The predicted molar refractivity (Wildman–Crippen MR) is 65.2 cm³/mol. The zero-order valence-corrected chi connectivity index (χ0v) is 9.61. The van der Waals surface area contributed by atoms with Crippen molar-refractivity contribution in [3.05, 3.63) is 53.6 Å². The van der Waals surface area contributed by atoms with Crippen molar-refractivity contribution in [3.63, 3.8) is 0 Å². The van der Waals surface area contributed by atoms with Gasteiger partial charge in [0, 0.05) is 11.8 Å². The van der Waals surface area contributed by atoms with Gasteiger partial charge in [-0.05, 0) is 30.3 Å². The molecule has 0 N–H and O–H groups in total. The molecule has 3 rings (SSSR count). The predicted octanol–water partition coefficient (Wildman–Crippen LogP) is 4.56. The molecule has 0 spiro atoms. The molecule has 1 heterocycles. The molecule has 0 amide bonds. The normalized spacial score (nSPS) is 13.2. The summed E-state index contributed by atoms with van der Waals surface area (Å²) in [7, 11) is 0. The molecular weight excluding hydrogens is 255 g/mol. The zero-order chi connectivity index (χ0) is 13.5. The van der Waals surface area contributed by atoms with Gasteiger partial charge in [-0.25, -0.2) is 0 Å². The number of rotatable bonds is 0. The molecular formula is C14H8F3NO. The van der Waals surface area contributed by atoms with Crippen LogP contribution in [0.15, 0.2) is 47.5 Å². The smallest absolute Gasteiger partial charge is 0.416 e. The van der Waals surface area contributed by atoms with Crippen molar-refractivity contribution in [3.8, 4) is 11.5 Å². The fraction of sp³-hybridized carbons (Fsp3) is 0.0714. The van der Waals surface area contributed by atoms with Gasteiger partial charge in [-0.1, -0.05) is 12.1 Å². The summed E-state index contributed by atoms with van der Waals surface area (Å²) in [6.45, 7) is 0. The molecule has 0 saturated carbocycles. The summed E-state index contributed by atoms with van der Waals surface area (Å²) in [5.41, 5.74) is 0.371. The van der Waals surface area contributed by atoms with E-state index in [0.29, 0.717) is 17.0 Å². The van der Waals surface area contributed by atoms with Crippen molar-refractivity contribution >= 4 is 11.9 Å². The number of alkyl halides is 3. The van der Waals surface area contributed by atoms with E-state index in [1.54, 1.807) is 24.3 Å². The first-order chi connectivity index (χ1) is 9.04. The molecule has 5 heteroatoms. The van der Waals surface area contributed by atoms with Crippen LogP contribution in [0.3, 0.4) is 0 Å². The van der Waals surface area contributed by atoms with E-state index in [4.69, 9.17) is 4.74 Å². The molecule has 0 saturated heterocycles. The van der Waals surface area contributed by atoms with Gasteiger partial charge >= 0.3 is 6.18 Å². The Morgan fingerprint density at radius 2 is 1.74 bits per heavy atom. The maximum atomic E-state index is 12.7. The van der Waals surface area contributed by atoms with Crippen molar-refractivity contribution in [1.29, 1.82) is 0 Å². The molecule has 0 fully saturated rings. The van der Waals surface area contributed by atoms with Crippen molar-refractivity contribution in [2.45, 2.75) is 6.18 Å². The first kappa shape index (κ1) is 11.8. The van der Waals surface area contributed by atoms with E-state index >= 15 is 0 Å². The van der Waals surface area contributed by atoms with Gasteiger partial charge in [0.25, 0.3) is 0 Å². The summed E-state index contributed by atoms with van der Waals surface area (Å²) in [5.74, 6) is 0.598. The molecule has 1 aliphatic heterocycles. The van der Waals surface area contributed by atoms with Gasteiger partial charge < -0.3 is 4.74 Å². The van der Waals surface area contributed by atoms with Gasteiger partial charge in [-0.2, -0.15) is 13.2 Å². The largest absolute Gasteiger partial charge is 0.454 e. The Morgan fingerprint density at radius 1 is 0.947 bits per heavy atom. The number of aliphatic imine (C=N–C) groups is 1. The fourth-order valence-corrected chi connectivity index (χ4v) is 1.81.